The van der Waals surface area contributed by atoms with Gasteiger partial charge in [0.15, 0.2) is 0 Å². The molecule has 0 atom stereocenters. The molecule has 20 heavy (non-hydrogen) atoms. The van der Waals surface area contributed by atoms with Crippen LogP contribution in [0.3, 0.4) is 0 Å². The van der Waals surface area contributed by atoms with Gasteiger partial charge in [-0.1, -0.05) is 67.1 Å². The van der Waals surface area contributed by atoms with Gasteiger partial charge in [0.1, 0.15) is 6.29 Å². The minimum Gasteiger partial charge on any atom is -0.424 e. The fourth-order valence-corrected chi connectivity index (χ4v) is 5.65. The van der Waals surface area contributed by atoms with E-state index in [9.17, 15) is 9.59 Å². The van der Waals surface area contributed by atoms with Crippen molar-refractivity contribution in [2.24, 2.45) is 0 Å². The normalized spacial score (nSPS) is 11.2. The number of benzene rings is 2. The van der Waals surface area contributed by atoms with Gasteiger partial charge >= 0.3 is 0 Å². The first-order valence-electron chi connectivity index (χ1n) is 7.04. The summed E-state index contributed by atoms with van der Waals surface area (Å²) in [4.78, 5) is 21.7. The summed E-state index contributed by atoms with van der Waals surface area (Å²) >= 11 is 0. The van der Waals surface area contributed by atoms with Gasteiger partial charge in [0.05, 0.1) is 0 Å². The minimum atomic E-state index is -2.67. The number of rotatable bonds is 7. The molecule has 0 heterocycles. The lowest BCUT2D eigenvalue weighted by atomic mass is 10.3. The summed E-state index contributed by atoms with van der Waals surface area (Å²) in [7, 11) is -2.67. The first-order chi connectivity index (χ1) is 9.77. The first kappa shape index (κ1) is 14.7. The number of hydrogen-bond acceptors (Lipinski definition) is 2. The van der Waals surface area contributed by atoms with Crippen molar-refractivity contribution in [2.45, 2.75) is 25.3 Å². The highest BCUT2D eigenvalue weighted by atomic mass is 28.4. The van der Waals surface area contributed by atoms with Crippen molar-refractivity contribution in [3.05, 3.63) is 60.7 Å². The van der Waals surface area contributed by atoms with E-state index in [1.807, 2.05) is 60.7 Å². The van der Waals surface area contributed by atoms with E-state index >= 15 is 0 Å². The average Bonchev–Trinajstić information content (AvgIpc) is 2.53. The average molecular weight is 284 g/mol. The Hall–Kier alpha value is -1.71. The van der Waals surface area contributed by atoms with Crippen molar-refractivity contribution in [1.82, 2.24) is 0 Å². The van der Waals surface area contributed by atoms with Crippen molar-refractivity contribution in [3.8, 4) is 0 Å². The summed E-state index contributed by atoms with van der Waals surface area (Å²) in [6, 6.07) is 20.6. The summed E-state index contributed by atoms with van der Waals surface area (Å²) in [5, 5.41) is 2.08. The molecule has 2 rings (SSSR count). The van der Waals surface area contributed by atoms with Gasteiger partial charge in [-0.15, -0.1) is 0 Å². The summed E-state index contributed by atoms with van der Waals surface area (Å²) < 4.78 is 0. The van der Waals surface area contributed by atoms with Gasteiger partial charge in [-0.05, 0) is 22.8 Å². The summed E-state index contributed by atoms with van der Waals surface area (Å²) in [6.45, 7) is 0. The minimum absolute atomic E-state index is 0.577. The van der Waals surface area contributed by atoms with Crippen LogP contribution < -0.4 is 10.4 Å². The number of unbranched alkanes of at least 4 members (excludes halogenated alkanes) is 2. The van der Waals surface area contributed by atoms with Gasteiger partial charge in [-0.2, -0.15) is 0 Å². The highest BCUT2D eigenvalue weighted by molar-refractivity contribution is 6.96. The highest BCUT2D eigenvalue weighted by Crippen LogP contribution is 2.13. The third-order valence-electron chi connectivity index (χ3n) is 3.61. The standard InChI is InChI=1S/C17H20O2Si/c18-14-8-3-9-15-20(19,16-10-4-1-5-11-16)17-12-6-2-7-13-17/h1-2,4-7,10-14,19H,3,8-9,15H2. The largest absolute Gasteiger partial charge is 0.424 e. The molecule has 0 amide bonds. The first-order valence-corrected chi connectivity index (χ1v) is 9.20. The monoisotopic (exact) mass is 284 g/mol. The van der Waals surface area contributed by atoms with Crippen molar-refractivity contribution in [2.75, 3.05) is 0 Å². The van der Waals surface area contributed by atoms with Crippen LogP contribution in [0.25, 0.3) is 0 Å². The van der Waals surface area contributed by atoms with Gasteiger partial charge in [-0.25, -0.2) is 0 Å². The van der Waals surface area contributed by atoms with Crippen molar-refractivity contribution in [3.63, 3.8) is 0 Å². The maximum Gasteiger partial charge on any atom is 0.252 e. The number of carbonyl (C=O) groups excluding carboxylic acids is 1. The second-order valence-corrected chi connectivity index (χ2v) is 8.38. The van der Waals surface area contributed by atoms with Crippen molar-refractivity contribution >= 4 is 25.0 Å². The molecule has 0 saturated heterocycles. The predicted molar refractivity (Wildman–Crippen MR) is 84.8 cm³/mol. The zero-order valence-corrected chi connectivity index (χ0v) is 12.5. The molecule has 3 heteroatoms. The van der Waals surface area contributed by atoms with E-state index in [4.69, 9.17) is 0 Å². The van der Waals surface area contributed by atoms with Gasteiger partial charge in [-0.3, -0.25) is 0 Å². The molecule has 0 spiro atoms. The van der Waals surface area contributed by atoms with E-state index in [0.717, 1.165) is 35.5 Å². The fourth-order valence-electron chi connectivity index (χ4n) is 2.49. The molecule has 0 aliphatic heterocycles. The van der Waals surface area contributed by atoms with Gasteiger partial charge in [0.25, 0.3) is 8.32 Å². The van der Waals surface area contributed by atoms with Crippen LogP contribution in [-0.4, -0.2) is 19.4 Å². The summed E-state index contributed by atoms with van der Waals surface area (Å²) in [6.07, 6.45) is 3.25. The van der Waals surface area contributed by atoms with Crippen LogP contribution in [0.4, 0.5) is 0 Å². The molecule has 2 aromatic carbocycles. The Balaban J connectivity index is 2.26. The quantitative estimate of drug-likeness (QED) is 0.480. The molecule has 0 fully saturated rings. The Morgan fingerprint density at radius 2 is 1.35 bits per heavy atom. The van der Waals surface area contributed by atoms with Crippen LogP contribution in [0.2, 0.25) is 6.04 Å². The summed E-state index contributed by atoms with van der Waals surface area (Å²) in [5.74, 6) is 0. The van der Waals surface area contributed by atoms with Crippen LogP contribution in [0.1, 0.15) is 19.3 Å². The second kappa shape index (κ2) is 7.17. The van der Waals surface area contributed by atoms with Gasteiger partial charge in [0, 0.05) is 6.42 Å². The molecular formula is C17H20O2Si. The zero-order chi connectivity index (χ0) is 14.3. The highest BCUT2D eigenvalue weighted by Gasteiger charge is 2.34. The molecule has 0 unspecified atom stereocenters. The van der Waals surface area contributed by atoms with Crippen LogP contribution in [-0.2, 0) is 4.79 Å². The van der Waals surface area contributed by atoms with Crippen LogP contribution in [0.5, 0.6) is 0 Å². The lowest BCUT2D eigenvalue weighted by Crippen LogP contribution is -2.58. The molecule has 1 N–H and O–H groups in total. The van der Waals surface area contributed by atoms with Gasteiger partial charge in [0.2, 0.25) is 0 Å². The molecule has 0 aliphatic rings. The predicted octanol–water partition coefficient (Wildman–Crippen LogP) is 2.11. The Morgan fingerprint density at radius 3 is 1.80 bits per heavy atom. The fraction of sp³-hybridized carbons (Fsp3) is 0.235. The van der Waals surface area contributed by atoms with E-state index < -0.39 is 8.32 Å². The molecule has 2 nitrogen and oxygen atoms in total. The van der Waals surface area contributed by atoms with Crippen LogP contribution in [0.15, 0.2) is 60.7 Å². The molecule has 0 radical (unpaired) electrons. The molecule has 0 saturated carbocycles. The molecule has 0 aliphatic carbocycles. The maximum absolute atomic E-state index is 11.3. The lowest BCUT2D eigenvalue weighted by Gasteiger charge is -2.26. The Bertz CT molecular complexity index is 486. The zero-order valence-electron chi connectivity index (χ0n) is 11.5. The lowest BCUT2D eigenvalue weighted by molar-refractivity contribution is -0.107. The maximum atomic E-state index is 11.3. The van der Waals surface area contributed by atoms with E-state index in [1.54, 1.807) is 0 Å². The Morgan fingerprint density at radius 1 is 0.850 bits per heavy atom. The van der Waals surface area contributed by atoms with Crippen LogP contribution >= 0.6 is 0 Å². The van der Waals surface area contributed by atoms with Crippen molar-refractivity contribution < 1.29 is 9.59 Å². The topological polar surface area (TPSA) is 37.3 Å². The van der Waals surface area contributed by atoms with Crippen molar-refractivity contribution in [1.29, 1.82) is 0 Å². The van der Waals surface area contributed by atoms with E-state index in [2.05, 4.69) is 0 Å². The number of carbonyl (C=O) groups is 1. The Kier molecular flexibility index (Phi) is 5.27. The molecule has 104 valence electrons. The van der Waals surface area contributed by atoms with E-state index in [0.29, 0.717) is 6.42 Å². The second-order valence-electron chi connectivity index (χ2n) is 5.00. The smallest absolute Gasteiger partial charge is 0.252 e. The molecular weight excluding hydrogens is 264 g/mol. The SMILES string of the molecule is O=CCCCC[Si](O)(c1ccccc1)c1ccccc1. The van der Waals surface area contributed by atoms with E-state index in [-0.39, 0.29) is 0 Å². The molecule has 0 aromatic heterocycles. The number of aldehydes is 1. The third-order valence-corrected chi connectivity index (χ3v) is 7.27. The molecule has 0 bridgehead atoms. The Labute approximate surface area is 121 Å². The van der Waals surface area contributed by atoms with Crippen LogP contribution in [0, 0.1) is 0 Å². The third kappa shape index (κ3) is 3.44. The van der Waals surface area contributed by atoms with E-state index in [1.165, 1.54) is 0 Å². The molecule has 2 aromatic rings. The van der Waals surface area contributed by atoms with Gasteiger partial charge < -0.3 is 9.59 Å². The summed E-state index contributed by atoms with van der Waals surface area (Å²) in [5.41, 5.74) is 0. The number of hydrogen-bond donors (Lipinski definition) is 1.